The molecule has 122 valence electrons. The first-order valence-corrected chi connectivity index (χ1v) is 8.81. The van der Waals surface area contributed by atoms with Crippen LogP contribution < -0.4 is 5.73 Å². The van der Waals surface area contributed by atoms with E-state index in [0.717, 1.165) is 12.3 Å². The van der Waals surface area contributed by atoms with Crippen molar-refractivity contribution in [1.82, 2.24) is 4.90 Å². The zero-order chi connectivity index (χ0) is 16.3. The fraction of sp³-hybridized carbons (Fsp3) is 0.500. The Hall–Kier alpha value is -1.67. The van der Waals surface area contributed by atoms with E-state index in [2.05, 4.69) is 4.99 Å². The van der Waals surface area contributed by atoms with Crippen LogP contribution in [0, 0.1) is 5.82 Å². The van der Waals surface area contributed by atoms with E-state index in [0.29, 0.717) is 25.7 Å². The van der Waals surface area contributed by atoms with Gasteiger partial charge in [-0.15, -0.1) is 0 Å². The second-order valence-electron chi connectivity index (χ2n) is 5.33. The third-order valence-electron chi connectivity index (χ3n) is 3.42. The molecule has 0 saturated carbocycles. The van der Waals surface area contributed by atoms with E-state index in [-0.39, 0.29) is 23.1 Å². The minimum Gasteiger partial charge on any atom is -0.375 e. The highest BCUT2D eigenvalue weighted by molar-refractivity contribution is 7.90. The number of hydrogen-bond acceptors (Lipinski definition) is 4. The minimum absolute atomic E-state index is 0.00718. The number of morpholine rings is 1. The summed E-state index contributed by atoms with van der Waals surface area (Å²) in [4.78, 5) is 6.10. The molecular formula is C14H20FN3O3S. The van der Waals surface area contributed by atoms with Gasteiger partial charge in [0.15, 0.2) is 15.8 Å². The van der Waals surface area contributed by atoms with Gasteiger partial charge in [-0.25, -0.2) is 17.8 Å². The maximum Gasteiger partial charge on any atom is 0.191 e. The highest BCUT2D eigenvalue weighted by atomic mass is 32.2. The molecule has 2 N–H and O–H groups in total. The van der Waals surface area contributed by atoms with Crippen LogP contribution in [0.25, 0.3) is 0 Å². The van der Waals surface area contributed by atoms with Crippen LogP contribution in [0.1, 0.15) is 12.5 Å². The van der Waals surface area contributed by atoms with Crippen molar-refractivity contribution in [2.24, 2.45) is 10.7 Å². The van der Waals surface area contributed by atoms with Crippen LogP contribution in [-0.2, 0) is 21.1 Å². The first-order chi connectivity index (χ1) is 10.3. The molecule has 1 atom stereocenters. The maximum absolute atomic E-state index is 13.8. The summed E-state index contributed by atoms with van der Waals surface area (Å²) in [5.41, 5.74) is 6.11. The molecule has 1 unspecified atom stereocenters. The number of nitrogens with zero attached hydrogens (tertiary/aromatic N) is 2. The van der Waals surface area contributed by atoms with Gasteiger partial charge < -0.3 is 15.4 Å². The summed E-state index contributed by atoms with van der Waals surface area (Å²) in [6, 6.07) is 3.67. The van der Waals surface area contributed by atoms with Crippen molar-refractivity contribution in [3.05, 3.63) is 29.6 Å². The van der Waals surface area contributed by atoms with E-state index in [1.54, 1.807) is 0 Å². The van der Waals surface area contributed by atoms with Crippen LogP contribution in [0.5, 0.6) is 0 Å². The molecule has 0 aliphatic carbocycles. The number of nitrogens with two attached hydrogens (primary N) is 1. The molecule has 1 aliphatic rings. The lowest BCUT2D eigenvalue weighted by Gasteiger charge is -2.31. The van der Waals surface area contributed by atoms with Crippen molar-refractivity contribution in [2.45, 2.75) is 24.5 Å². The first-order valence-electron chi connectivity index (χ1n) is 6.92. The second kappa shape index (κ2) is 6.62. The molecule has 1 aromatic rings. The van der Waals surface area contributed by atoms with Crippen LogP contribution in [0.2, 0.25) is 0 Å². The fourth-order valence-electron chi connectivity index (χ4n) is 2.20. The third kappa shape index (κ3) is 4.17. The summed E-state index contributed by atoms with van der Waals surface area (Å²) in [6.45, 7) is 3.75. The maximum atomic E-state index is 13.8. The van der Waals surface area contributed by atoms with Crippen molar-refractivity contribution in [3.8, 4) is 0 Å². The summed E-state index contributed by atoms with van der Waals surface area (Å²) < 4.78 is 42.2. The summed E-state index contributed by atoms with van der Waals surface area (Å²) >= 11 is 0. The molecule has 0 bridgehead atoms. The van der Waals surface area contributed by atoms with Crippen molar-refractivity contribution in [1.29, 1.82) is 0 Å². The molecule has 0 aromatic heterocycles. The Kier molecular flexibility index (Phi) is 5.02. The molecule has 0 amide bonds. The Balaban J connectivity index is 2.14. The molecule has 1 heterocycles. The van der Waals surface area contributed by atoms with Gasteiger partial charge in [-0.3, -0.25) is 0 Å². The number of hydrogen-bond donors (Lipinski definition) is 1. The largest absolute Gasteiger partial charge is 0.375 e. The molecule has 2 rings (SSSR count). The lowest BCUT2D eigenvalue weighted by atomic mass is 10.2. The molecular weight excluding hydrogens is 309 g/mol. The molecule has 0 radical (unpaired) electrons. The number of ether oxygens (including phenoxy) is 1. The Morgan fingerprint density at radius 1 is 1.55 bits per heavy atom. The second-order valence-corrected chi connectivity index (χ2v) is 7.34. The number of rotatable bonds is 3. The predicted molar refractivity (Wildman–Crippen MR) is 81.8 cm³/mol. The van der Waals surface area contributed by atoms with Gasteiger partial charge in [0.05, 0.1) is 24.2 Å². The smallest absolute Gasteiger partial charge is 0.191 e. The minimum atomic E-state index is -3.38. The summed E-state index contributed by atoms with van der Waals surface area (Å²) in [6.07, 6.45) is 1.14. The molecule has 1 fully saturated rings. The van der Waals surface area contributed by atoms with Gasteiger partial charge in [0, 0.05) is 24.9 Å². The molecule has 22 heavy (non-hydrogen) atoms. The van der Waals surface area contributed by atoms with Gasteiger partial charge in [0.25, 0.3) is 0 Å². The lowest BCUT2D eigenvalue weighted by Crippen LogP contribution is -2.47. The average Bonchev–Trinajstić information content (AvgIpc) is 2.44. The average molecular weight is 329 g/mol. The van der Waals surface area contributed by atoms with E-state index in [1.807, 2.05) is 11.8 Å². The lowest BCUT2D eigenvalue weighted by molar-refractivity contribution is 0.00528. The van der Waals surface area contributed by atoms with E-state index in [1.165, 1.54) is 12.1 Å². The van der Waals surface area contributed by atoms with Crippen molar-refractivity contribution in [2.75, 3.05) is 26.0 Å². The van der Waals surface area contributed by atoms with Crippen molar-refractivity contribution in [3.63, 3.8) is 0 Å². The number of aliphatic imine (C=N–C) groups is 1. The Morgan fingerprint density at radius 2 is 2.27 bits per heavy atom. The monoisotopic (exact) mass is 329 g/mol. The van der Waals surface area contributed by atoms with E-state index in [4.69, 9.17) is 10.5 Å². The molecule has 1 aromatic carbocycles. The normalized spacial score (nSPS) is 20.2. The van der Waals surface area contributed by atoms with Crippen LogP contribution in [0.3, 0.4) is 0 Å². The topological polar surface area (TPSA) is 85.0 Å². The predicted octanol–water partition coefficient (Wildman–Crippen LogP) is 0.765. The van der Waals surface area contributed by atoms with E-state index in [9.17, 15) is 12.8 Å². The fourth-order valence-corrected chi connectivity index (χ4v) is 2.87. The Morgan fingerprint density at radius 3 is 2.91 bits per heavy atom. The SMILES string of the molecule is CC1CN(C(N)=NCc2cc(S(C)(=O)=O)ccc2F)CCO1. The zero-order valence-electron chi connectivity index (χ0n) is 12.6. The Labute approximate surface area is 129 Å². The van der Waals surface area contributed by atoms with Gasteiger partial charge >= 0.3 is 0 Å². The summed E-state index contributed by atoms with van der Waals surface area (Å²) in [5, 5.41) is 0. The standard InChI is InChI=1S/C14H20FN3O3S/c1-10-9-18(5-6-21-10)14(16)17-8-11-7-12(22(2,19)20)3-4-13(11)15/h3-4,7,10H,5-6,8-9H2,1-2H3,(H2,16,17). The van der Waals surface area contributed by atoms with Gasteiger partial charge in [-0.05, 0) is 25.1 Å². The van der Waals surface area contributed by atoms with E-state index >= 15 is 0 Å². The molecule has 1 saturated heterocycles. The summed E-state index contributed by atoms with van der Waals surface area (Å²) in [7, 11) is -3.38. The molecule has 0 spiro atoms. The third-order valence-corrected chi connectivity index (χ3v) is 4.53. The Bertz CT molecular complexity index is 676. The molecule has 8 heteroatoms. The molecule has 6 nitrogen and oxygen atoms in total. The zero-order valence-corrected chi connectivity index (χ0v) is 13.4. The van der Waals surface area contributed by atoms with Crippen LogP contribution in [0.4, 0.5) is 4.39 Å². The number of sulfone groups is 1. The highest BCUT2D eigenvalue weighted by Crippen LogP contribution is 2.16. The van der Waals surface area contributed by atoms with Gasteiger partial charge in [0.1, 0.15) is 5.82 Å². The van der Waals surface area contributed by atoms with Gasteiger partial charge in [-0.1, -0.05) is 0 Å². The van der Waals surface area contributed by atoms with Crippen LogP contribution >= 0.6 is 0 Å². The number of benzene rings is 1. The highest BCUT2D eigenvalue weighted by Gasteiger charge is 2.18. The molecule has 1 aliphatic heterocycles. The van der Waals surface area contributed by atoms with Crippen LogP contribution in [-0.4, -0.2) is 51.3 Å². The van der Waals surface area contributed by atoms with Gasteiger partial charge in [-0.2, -0.15) is 0 Å². The van der Waals surface area contributed by atoms with Gasteiger partial charge in [0.2, 0.25) is 0 Å². The van der Waals surface area contributed by atoms with Crippen LogP contribution in [0.15, 0.2) is 28.1 Å². The van der Waals surface area contributed by atoms with E-state index < -0.39 is 15.7 Å². The quantitative estimate of drug-likeness (QED) is 0.503. The summed E-state index contributed by atoms with van der Waals surface area (Å²) in [5.74, 6) is -0.196. The number of guanidine groups is 1. The first kappa shape index (κ1) is 16.7. The van der Waals surface area contributed by atoms with Crippen molar-refractivity contribution >= 4 is 15.8 Å². The van der Waals surface area contributed by atoms with Crippen molar-refractivity contribution < 1.29 is 17.5 Å². The number of halogens is 1.